The van der Waals surface area contributed by atoms with Crippen molar-refractivity contribution in [2.24, 2.45) is 5.92 Å². The highest BCUT2D eigenvalue weighted by molar-refractivity contribution is 5.74. The highest BCUT2D eigenvalue weighted by atomic mass is 19.4. The summed E-state index contributed by atoms with van der Waals surface area (Å²) in [5.74, 6) is -1.36. The summed E-state index contributed by atoms with van der Waals surface area (Å²) >= 11 is 0. The zero-order chi connectivity index (χ0) is 18.1. The maximum atomic E-state index is 12.7. The lowest BCUT2D eigenvalue weighted by atomic mass is 9.92. The number of benzene rings is 1. The number of carbonyl (C=O) groups excluding carboxylic acids is 1. The van der Waals surface area contributed by atoms with Gasteiger partial charge in [0.25, 0.3) is 5.60 Å². The van der Waals surface area contributed by atoms with E-state index in [0.29, 0.717) is 18.6 Å². The molecule has 0 fully saturated rings. The van der Waals surface area contributed by atoms with Crippen LogP contribution in [-0.4, -0.2) is 23.4 Å². The molecule has 0 radical (unpaired) electrons. The van der Waals surface area contributed by atoms with E-state index in [9.17, 15) is 36.2 Å². The van der Waals surface area contributed by atoms with Gasteiger partial charge in [-0.05, 0) is 18.6 Å². The summed E-state index contributed by atoms with van der Waals surface area (Å²) in [5.41, 5.74) is -6.42. The minimum atomic E-state index is -5.96. The fourth-order valence-electron chi connectivity index (χ4n) is 1.64. The molecule has 1 aromatic rings. The maximum Gasteiger partial charge on any atom is 0.430 e. The van der Waals surface area contributed by atoms with Crippen molar-refractivity contribution < 1.29 is 41.0 Å². The molecule has 23 heavy (non-hydrogen) atoms. The second-order valence-corrected chi connectivity index (χ2v) is 4.96. The van der Waals surface area contributed by atoms with E-state index in [0.717, 1.165) is 12.1 Å². The van der Waals surface area contributed by atoms with Gasteiger partial charge in [-0.1, -0.05) is 26.0 Å². The number of alkyl halides is 6. The topological polar surface area (TPSA) is 46.5 Å². The van der Waals surface area contributed by atoms with Crippen molar-refractivity contribution in [1.29, 1.82) is 0 Å². The molecular weight excluding hydrogens is 330 g/mol. The Morgan fingerprint density at radius 2 is 1.52 bits per heavy atom. The molecule has 9 heteroatoms. The molecule has 1 atom stereocenters. The summed E-state index contributed by atoms with van der Waals surface area (Å²) in [5, 5.41) is 9.20. The molecule has 0 spiro atoms. The summed E-state index contributed by atoms with van der Waals surface area (Å²) in [6, 6.07) is 2.36. The number of carbonyl (C=O) groups is 1. The molecule has 0 saturated heterocycles. The van der Waals surface area contributed by atoms with Crippen LogP contribution in [0.3, 0.4) is 0 Å². The Labute approximate surface area is 127 Å². The first-order valence-corrected chi connectivity index (χ1v) is 6.52. The lowest BCUT2D eigenvalue weighted by molar-refractivity contribution is -0.376. The molecule has 3 nitrogen and oxygen atoms in total. The Morgan fingerprint density at radius 3 is 1.87 bits per heavy atom. The smallest absolute Gasteiger partial charge is 0.426 e. The average Bonchev–Trinajstić information content (AvgIpc) is 2.43. The summed E-state index contributed by atoms with van der Waals surface area (Å²) in [6.07, 6.45) is -11.5. The molecule has 1 unspecified atom stereocenters. The first-order chi connectivity index (χ1) is 10.3. The van der Waals surface area contributed by atoms with Crippen LogP contribution in [0.4, 0.5) is 26.3 Å². The van der Waals surface area contributed by atoms with Crippen molar-refractivity contribution in [3.05, 3.63) is 29.8 Å². The molecule has 0 aliphatic rings. The highest BCUT2D eigenvalue weighted by Crippen LogP contribution is 2.50. The summed E-state index contributed by atoms with van der Waals surface area (Å²) in [4.78, 5) is 11.5. The van der Waals surface area contributed by atoms with Gasteiger partial charge < -0.3 is 9.84 Å². The predicted molar refractivity (Wildman–Crippen MR) is 67.5 cm³/mol. The number of hydrogen-bond acceptors (Lipinski definition) is 3. The monoisotopic (exact) mass is 344 g/mol. The van der Waals surface area contributed by atoms with Crippen molar-refractivity contribution in [2.45, 2.75) is 38.2 Å². The molecule has 0 aromatic heterocycles. The van der Waals surface area contributed by atoms with Crippen LogP contribution in [0, 0.1) is 5.92 Å². The molecule has 0 amide bonds. The van der Waals surface area contributed by atoms with E-state index in [1.807, 2.05) is 0 Å². The SMILES string of the molecule is CCC(C)C(=O)Oc1ccc(C(O)(C(F)(F)F)C(F)(F)F)cc1. The fourth-order valence-corrected chi connectivity index (χ4v) is 1.64. The number of hydrogen-bond donors (Lipinski definition) is 1. The Hall–Kier alpha value is -1.77. The van der Waals surface area contributed by atoms with E-state index >= 15 is 0 Å². The Kier molecular flexibility index (Phi) is 5.35. The largest absolute Gasteiger partial charge is 0.430 e. The predicted octanol–water partition coefficient (Wildman–Crippen LogP) is 3.95. The number of ether oxygens (including phenoxy) is 1. The van der Waals surface area contributed by atoms with Gasteiger partial charge in [0.05, 0.1) is 5.92 Å². The number of rotatable bonds is 4. The minimum Gasteiger partial charge on any atom is -0.426 e. The van der Waals surface area contributed by atoms with Crippen LogP contribution in [0.25, 0.3) is 0 Å². The van der Waals surface area contributed by atoms with Gasteiger partial charge in [0.1, 0.15) is 5.75 Å². The van der Waals surface area contributed by atoms with Crippen LogP contribution in [0.1, 0.15) is 25.8 Å². The lowest BCUT2D eigenvalue weighted by Gasteiger charge is -2.32. The van der Waals surface area contributed by atoms with Crippen LogP contribution in [-0.2, 0) is 10.4 Å². The second kappa shape index (κ2) is 6.38. The zero-order valence-electron chi connectivity index (χ0n) is 12.1. The molecule has 0 aliphatic heterocycles. The van der Waals surface area contributed by atoms with E-state index in [4.69, 9.17) is 4.74 Å². The molecule has 0 aliphatic carbocycles. The van der Waals surface area contributed by atoms with Crippen molar-refractivity contribution >= 4 is 5.97 Å². The third kappa shape index (κ3) is 3.77. The molecule has 1 N–H and O–H groups in total. The van der Waals surface area contributed by atoms with Gasteiger partial charge in [-0.25, -0.2) is 0 Å². The van der Waals surface area contributed by atoms with E-state index in [-0.39, 0.29) is 5.75 Å². The van der Waals surface area contributed by atoms with E-state index in [1.54, 1.807) is 13.8 Å². The van der Waals surface area contributed by atoms with Gasteiger partial charge in [-0.2, -0.15) is 26.3 Å². The Bertz CT molecular complexity index is 533. The first-order valence-electron chi connectivity index (χ1n) is 6.52. The lowest BCUT2D eigenvalue weighted by Crippen LogP contribution is -2.53. The zero-order valence-corrected chi connectivity index (χ0v) is 12.1. The number of aliphatic hydroxyl groups is 1. The van der Waals surface area contributed by atoms with Gasteiger partial charge in [0.15, 0.2) is 0 Å². The Balaban J connectivity index is 3.13. The van der Waals surface area contributed by atoms with Crippen molar-refractivity contribution in [3.8, 4) is 5.75 Å². The van der Waals surface area contributed by atoms with E-state index < -0.39 is 35.4 Å². The third-order valence-electron chi connectivity index (χ3n) is 3.33. The Morgan fingerprint density at radius 1 is 1.09 bits per heavy atom. The molecule has 1 rings (SSSR count). The van der Waals surface area contributed by atoms with Gasteiger partial charge in [-0.15, -0.1) is 0 Å². The molecule has 130 valence electrons. The second-order valence-electron chi connectivity index (χ2n) is 4.96. The van der Waals surface area contributed by atoms with Crippen LogP contribution >= 0.6 is 0 Å². The van der Waals surface area contributed by atoms with Crippen molar-refractivity contribution in [3.63, 3.8) is 0 Å². The molecular formula is C14H14F6O3. The summed E-state index contributed by atoms with van der Waals surface area (Å²) in [6.45, 7) is 3.27. The minimum absolute atomic E-state index is 0.217. The molecule has 1 aromatic carbocycles. The summed E-state index contributed by atoms with van der Waals surface area (Å²) in [7, 11) is 0. The average molecular weight is 344 g/mol. The summed E-state index contributed by atoms with van der Waals surface area (Å²) < 4.78 is 81.0. The van der Waals surface area contributed by atoms with E-state index in [2.05, 4.69) is 0 Å². The van der Waals surface area contributed by atoms with E-state index in [1.165, 1.54) is 0 Å². The fraction of sp³-hybridized carbons (Fsp3) is 0.500. The van der Waals surface area contributed by atoms with Crippen molar-refractivity contribution in [2.75, 3.05) is 0 Å². The molecule has 0 heterocycles. The van der Waals surface area contributed by atoms with Gasteiger partial charge >= 0.3 is 18.3 Å². The molecule has 0 bridgehead atoms. The van der Waals surface area contributed by atoms with Gasteiger partial charge in [0.2, 0.25) is 0 Å². The quantitative estimate of drug-likeness (QED) is 0.511. The van der Waals surface area contributed by atoms with Crippen LogP contribution in [0.15, 0.2) is 24.3 Å². The number of esters is 1. The van der Waals surface area contributed by atoms with Crippen molar-refractivity contribution in [1.82, 2.24) is 0 Å². The van der Waals surface area contributed by atoms with Gasteiger partial charge in [-0.3, -0.25) is 4.79 Å². The maximum absolute atomic E-state index is 12.7. The number of halogens is 6. The van der Waals surface area contributed by atoms with Crippen LogP contribution < -0.4 is 4.74 Å². The van der Waals surface area contributed by atoms with Crippen LogP contribution in [0.2, 0.25) is 0 Å². The third-order valence-corrected chi connectivity index (χ3v) is 3.33. The van der Waals surface area contributed by atoms with Gasteiger partial charge in [0, 0.05) is 5.56 Å². The standard InChI is InChI=1S/C14H14F6O3/c1-3-8(2)11(21)23-10-6-4-9(5-7-10)12(22,13(15,16)17)14(18,19)20/h4-8,22H,3H2,1-2H3. The van der Waals surface area contributed by atoms with Crippen LogP contribution in [0.5, 0.6) is 5.75 Å². The first kappa shape index (κ1) is 19.3. The highest BCUT2D eigenvalue weighted by Gasteiger charge is 2.71. The normalized spacial score (nSPS) is 14.5. The molecule has 0 saturated carbocycles.